The van der Waals surface area contributed by atoms with E-state index in [1.165, 1.54) is 45.3 Å². The van der Waals surface area contributed by atoms with E-state index in [9.17, 15) is 0 Å². The average Bonchev–Trinajstić information content (AvgIpc) is 2.71. The van der Waals surface area contributed by atoms with E-state index in [0.717, 1.165) is 17.9 Å². The molecule has 1 aliphatic rings. The molecule has 18 heavy (non-hydrogen) atoms. The number of rotatable bonds is 8. The molecule has 1 heterocycles. The van der Waals surface area contributed by atoms with Gasteiger partial charge in [-0.25, -0.2) is 0 Å². The molecule has 0 aromatic rings. The molecule has 0 aliphatic carbocycles. The standard InChI is InChI=1S/C16H34N2/c1-6-18-9-7-8-16(18)12-17-15(10-13(2)3)11-14(4)5/h13-17H,6-12H2,1-5H3. The van der Waals surface area contributed by atoms with Gasteiger partial charge in [-0.05, 0) is 50.6 Å². The summed E-state index contributed by atoms with van der Waals surface area (Å²) in [5.74, 6) is 1.60. The van der Waals surface area contributed by atoms with Gasteiger partial charge in [0.15, 0.2) is 0 Å². The van der Waals surface area contributed by atoms with Crippen molar-refractivity contribution in [2.24, 2.45) is 11.8 Å². The maximum absolute atomic E-state index is 3.85. The fourth-order valence-electron chi connectivity index (χ4n) is 3.25. The lowest BCUT2D eigenvalue weighted by Gasteiger charge is -2.28. The van der Waals surface area contributed by atoms with Crippen LogP contribution in [0.4, 0.5) is 0 Å². The molecule has 1 saturated heterocycles. The van der Waals surface area contributed by atoms with Crippen LogP contribution in [0.25, 0.3) is 0 Å². The zero-order chi connectivity index (χ0) is 13.5. The SMILES string of the molecule is CCN1CCCC1CNC(CC(C)C)CC(C)C. The van der Waals surface area contributed by atoms with E-state index >= 15 is 0 Å². The Bertz CT molecular complexity index is 203. The second-order valence-corrected chi connectivity index (χ2v) is 6.79. The first kappa shape index (κ1) is 16.0. The third kappa shape index (κ3) is 5.71. The van der Waals surface area contributed by atoms with Gasteiger partial charge in [-0.15, -0.1) is 0 Å². The number of hydrogen-bond donors (Lipinski definition) is 1. The molecule has 2 heteroatoms. The molecule has 0 amide bonds. The van der Waals surface area contributed by atoms with Gasteiger partial charge in [-0.2, -0.15) is 0 Å². The lowest BCUT2D eigenvalue weighted by atomic mass is 9.95. The molecular weight excluding hydrogens is 220 g/mol. The van der Waals surface area contributed by atoms with Crippen molar-refractivity contribution in [3.05, 3.63) is 0 Å². The zero-order valence-electron chi connectivity index (χ0n) is 13.2. The van der Waals surface area contributed by atoms with Gasteiger partial charge in [0.05, 0.1) is 0 Å². The van der Waals surface area contributed by atoms with Gasteiger partial charge in [-0.3, -0.25) is 4.90 Å². The van der Waals surface area contributed by atoms with Crippen molar-refractivity contribution in [3.8, 4) is 0 Å². The summed E-state index contributed by atoms with van der Waals surface area (Å²) in [4.78, 5) is 2.63. The predicted octanol–water partition coefficient (Wildman–Crippen LogP) is 3.52. The number of nitrogens with one attached hydrogen (secondary N) is 1. The Hall–Kier alpha value is -0.0800. The van der Waals surface area contributed by atoms with Crippen molar-refractivity contribution in [1.82, 2.24) is 10.2 Å². The van der Waals surface area contributed by atoms with Crippen LogP contribution in [-0.4, -0.2) is 36.6 Å². The minimum absolute atomic E-state index is 0.712. The Morgan fingerprint density at radius 3 is 2.22 bits per heavy atom. The van der Waals surface area contributed by atoms with Gasteiger partial charge >= 0.3 is 0 Å². The van der Waals surface area contributed by atoms with Crippen LogP contribution in [0.3, 0.4) is 0 Å². The largest absolute Gasteiger partial charge is 0.312 e. The van der Waals surface area contributed by atoms with Crippen molar-refractivity contribution >= 4 is 0 Å². The highest BCUT2D eigenvalue weighted by Crippen LogP contribution is 2.18. The Balaban J connectivity index is 2.35. The first-order valence-electron chi connectivity index (χ1n) is 8.00. The second-order valence-electron chi connectivity index (χ2n) is 6.79. The molecule has 1 atom stereocenters. The van der Waals surface area contributed by atoms with Crippen LogP contribution in [0, 0.1) is 11.8 Å². The van der Waals surface area contributed by atoms with Gasteiger partial charge in [0.2, 0.25) is 0 Å². The maximum atomic E-state index is 3.85. The maximum Gasteiger partial charge on any atom is 0.0221 e. The molecule has 1 aliphatic heterocycles. The van der Waals surface area contributed by atoms with Gasteiger partial charge in [-0.1, -0.05) is 34.6 Å². The van der Waals surface area contributed by atoms with Crippen molar-refractivity contribution < 1.29 is 0 Å². The summed E-state index contributed by atoms with van der Waals surface area (Å²) >= 11 is 0. The quantitative estimate of drug-likeness (QED) is 0.713. The third-order valence-electron chi connectivity index (χ3n) is 4.06. The molecule has 1 N–H and O–H groups in total. The van der Waals surface area contributed by atoms with Crippen LogP contribution < -0.4 is 5.32 Å². The first-order chi connectivity index (χ1) is 8.52. The summed E-state index contributed by atoms with van der Waals surface area (Å²) in [6.07, 6.45) is 5.41. The van der Waals surface area contributed by atoms with E-state index < -0.39 is 0 Å². The second kappa shape index (κ2) is 8.16. The third-order valence-corrected chi connectivity index (χ3v) is 4.06. The summed E-state index contributed by atoms with van der Waals surface area (Å²) < 4.78 is 0. The van der Waals surface area contributed by atoms with Crippen molar-refractivity contribution in [2.75, 3.05) is 19.6 Å². The number of likely N-dealkylation sites (N-methyl/N-ethyl adjacent to an activating group) is 1. The van der Waals surface area contributed by atoms with E-state index in [-0.39, 0.29) is 0 Å². The lowest BCUT2D eigenvalue weighted by molar-refractivity contribution is 0.243. The minimum atomic E-state index is 0.712. The van der Waals surface area contributed by atoms with Gasteiger partial charge in [0.25, 0.3) is 0 Å². The van der Waals surface area contributed by atoms with Crippen LogP contribution in [0.5, 0.6) is 0 Å². The summed E-state index contributed by atoms with van der Waals surface area (Å²) in [7, 11) is 0. The molecule has 0 radical (unpaired) electrons. The van der Waals surface area contributed by atoms with Crippen LogP contribution in [0.1, 0.15) is 60.3 Å². The van der Waals surface area contributed by atoms with Gasteiger partial charge < -0.3 is 5.32 Å². The highest BCUT2D eigenvalue weighted by Gasteiger charge is 2.23. The highest BCUT2D eigenvalue weighted by molar-refractivity contribution is 4.82. The lowest BCUT2D eigenvalue weighted by Crippen LogP contribution is -2.42. The van der Waals surface area contributed by atoms with E-state index in [4.69, 9.17) is 0 Å². The Morgan fingerprint density at radius 1 is 1.11 bits per heavy atom. The Morgan fingerprint density at radius 2 is 1.72 bits per heavy atom. The Kier molecular flexibility index (Phi) is 7.25. The molecular formula is C16H34N2. The fraction of sp³-hybridized carbons (Fsp3) is 1.00. The van der Waals surface area contributed by atoms with Crippen LogP contribution in [0.2, 0.25) is 0 Å². The molecule has 1 fully saturated rings. The van der Waals surface area contributed by atoms with E-state index in [1.54, 1.807) is 0 Å². The zero-order valence-corrected chi connectivity index (χ0v) is 13.2. The van der Waals surface area contributed by atoms with Gasteiger partial charge in [0.1, 0.15) is 0 Å². The molecule has 2 nitrogen and oxygen atoms in total. The van der Waals surface area contributed by atoms with Gasteiger partial charge in [0, 0.05) is 18.6 Å². The van der Waals surface area contributed by atoms with E-state index in [2.05, 4.69) is 44.8 Å². The molecule has 0 spiro atoms. The van der Waals surface area contributed by atoms with Crippen molar-refractivity contribution in [1.29, 1.82) is 0 Å². The minimum Gasteiger partial charge on any atom is -0.312 e. The number of nitrogens with zero attached hydrogens (tertiary/aromatic N) is 1. The highest BCUT2D eigenvalue weighted by atomic mass is 15.2. The summed E-state index contributed by atoms with van der Waals surface area (Å²) in [6, 6.07) is 1.50. The molecule has 0 saturated carbocycles. The summed E-state index contributed by atoms with van der Waals surface area (Å²) in [5, 5.41) is 3.85. The molecule has 0 bridgehead atoms. The molecule has 0 aromatic carbocycles. The van der Waals surface area contributed by atoms with Crippen molar-refractivity contribution in [2.45, 2.75) is 72.4 Å². The predicted molar refractivity (Wildman–Crippen MR) is 81.0 cm³/mol. The Labute approximate surface area is 115 Å². The summed E-state index contributed by atoms with van der Waals surface area (Å²) in [5.41, 5.74) is 0. The average molecular weight is 254 g/mol. The molecule has 1 unspecified atom stereocenters. The number of likely N-dealkylation sites (tertiary alicyclic amines) is 1. The number of hydrogen-bond acceptors (Lipinski definition) is 2. The molecule has 108 valence electrons. The first-order valence-corrected chi connectivity index (χ1v) is 8.00. The fourth-order valence-corrected chi connectivity index (χ4v) is 3.25. The van der Waals surface area contributed by atoms with E-state index in [1.807, 2.05) is 0 Å². The van der Waals surface area contributed by atoms with E-state index in [0.29, 0.717) is 6.04 Å². The molecule has 1 rings (SSSR count). The van der Waals surface area contributed by atoms with Crippen LogP contribution >= 0.6 is 0 Å². The van der Waals surface area contributed by atoms with Crippen LogP contribution in [-0.2, 0) is 0 Å². The summed E-state index contributed by atoms with van der Waals surface area (Å²) in [6.45, 7) is 15.3. The molecule has 0 aromatic heterocycles. The topological polar surface area (TPSA) is 15.3 Å². The van der Waals surface area contributed by atoms with Crippen molar-refractivity contribution in [3.63, 3.8) is 0 Å². The monoisotopic (exact) mass is 254 g/mol. The van der Waals surface area contributed by atoms with Crippen LogP contribution in [0.15, 0.2) is 0 Å². The normalized spacial score (nSPS) is 21.7. The smallest absolute Gasteiger partial charge is 0.0221 e.